The van der Waals surface area contributed by atoms with E-state index in [4.69, 9.17) is 4.74 Å². The lowest BCUT2D eigenvalue weighted by Gasteiger charge is -2.01. The number of benzene rings is 1. The maximum absolute atomic E-state index is 5.20. The summed E-state index contributed by atoms with van der Waals surface area (Å²) in [7, 11) is 1.65. The van der Waals surface area contributed by atoms with E-state index < -0.39 is 0 Å². The van der Waals surface area contributed by atoms with E-state index in [0.717, 1.165) is 16.3 Å². The molecule has 1 aromatic heterocycles. The summed E-state index contributed by atoms with van der Waals surface area (Å²) in [5.74, 6) is 0.797. The molecule has 0 fully saturated rings. The van der Waals surface area contributed by atoms with Crippen LogP contribution in [0.2, 0.25) is 0 Å². The highest BCUT2D eigenvalue weighted by Gasteiger charge is 1.97. The molecule has 1 aromatic carbocycles. The van der Waals surface area contributed by atoms with Crippen molar-refractivity contribution in [1.29, 1.82) is 0 Å². The molecule has 0 unspecified atom stereocenters. The van der Waals surface area contributed by atoms with Crippen molar-refractivity contribution in [3.63, 3.8) is 0 Å². The van der Waals surface area contributed by atoms with Gasteiger partial charge in [0.2, 0.25) is 0 Å². The minimum atomic E-state index is 0.797. The van der Waals surface area contributed by atoms with Crippen LogP contribution in [-0.4, -0.2) is 13.3 Å². The standard InChI is InChI=1S/C12H11NOS/c1-14-12-7-3-2-6-11(12)13-9-10-5-4-8-15-10/h2-9H,1H3/b13-9+. The molecule has 0 atom stereocenters. The van der Waals surface area contributed by atoms with Crippen molar-refractivity contribution in [2.24, 2.45) is 4.99 Å². The van der Waals surface area contributed by atoms with Crippen molar-refractivity contribution in [2.75, 3.05) is 7.11 Å². The minimum Gasteiger partial charge on any atom is -0.494 e. The van der Waals surface area contributed by atoms with E-state index in [1.807, 2.05) is 48.0 Å². The Labute approximate surface area is 92.9 Å². The Morgan fingerprint density at radius 1 is 1.20 bits per heavy atom. The molecule has 0 aliphatic rings. The van der Waals surface area contributed by atoms with Crippen LogP contribution in [0.3, 0.4) is 0 Å². The largest absolute Gasteiger partial charge is 0.494 e. The molecule has 15 heavy (non-hydrogen) atoms. The van der Waals surface area contributed by atoms with E-state index in [-0.39, 0.29) is 0 Å². The van der Waals surface area contributed by atoms with E-state index in [2.05, 4.69) is 4.99 Å². The summed E-state index contributed by atoms with van der Waals surface area (Å²) < 4.78 is 5.20. The molecular weight excluding hydrogens is 206 g/mol. The third kappa shape index (κ3) is 2.44. The molecule has 2 aromatic rings. The fourth-order valence-corrected chi connectivity index (χ4v) is 1.82. The van der Waals surface area contributed by atoms with Gasteiger partial charge in [0.1, 0.15) is 11.4 Å². The fraction of sp³-hybridized carbons (Fsp3) is 0.0833. The van der Waals surface area contributed by atoms with Crippen LogP contribution in [0, 0.1) is 0 Å². The molecule has 0 radical (unpaired) electrons. The van der Waals surface area contributed by atoms with Gasteiger partial charge in [0, 0.05) is 11.1 Å². The first-order valence-corrected chi connectivity index (χ1v) is 5.49. The van der Waals surface area contributed by atoms with Gasteiger partial charge in [-0.1, -0.05) is 18.2 Å². The second-order valence-electron chi connectivity index (χ2n) is 2.95. The van der Waals surface area contributed by atoms with Crippen LogP contribution in [0.15, 0.2) is 46.8 Å². The van der Waals surface area contributed by atoms with Gasteiger partial charge in [-0.25, -0.2) is 0 Å². The van der Waals surface area contributed by atoms with Crippen LogP contribution >= 0.6 is 11.3 Å². The number of nitrogens with zero attached hydrogens (tertiary/aromatic N) is 1. The van der Waals surface area contributed by atoms with Crippen molar-refractivity contribution in [3.8, 4) is 5.75 Å². The highest BCUT2D eigenvalue weighted by atomic mass is 32.1. The second-order valence-corrected chi connectivity index (χ2v) is 3.92. The zero-order valence-corrected chi connectivity index (χ0v) is 9.20. The van der Waals surface area contributed by atoms with Gasteiger partial charge in [0.25, 0.3) is 0 Å². The van der Waals surface area contributed by atoms with Crippen LogP contribution < -0.4 is 4.74 Å². The summed E-state index contributed by atoms with van der Waals surface area (Å²) in [5, 5.41) is 2.03. The molecule has 2 nitrogen and oxygen atoms in total. The number of hydrogen-bond donors (Lipinski definition) is 0. The van der Waals surface area contributed by atoms with Crippen LogP contribution in [-0.2, 0) is 0 Å². The lowest BCUT2D eigenvalue weighted by atomic mass is 10.3. The van der Waals surface area contributed by atoms with Gasteiger partial charge in [-0.15, -0.1) is 11.3 Å². The molecule has 3 heteroatoms. The molecular formula is C12H11NOS. The number of ether oxygens (including phenoxy) is 1. The predicted molar refractivity (Wildman–Crippen MR) is 64.6 cm³/mol. The lowest BCUT2D eigenvalue weighted by Crippen LogP contribution is -1.82. The molecule has 0 saturated heterocycles. The highest BCUT2D eigenvalue weighted by molar-refractivity contribution is 7.11. The molecule has 0 amide bonds. The first-order chi connectivity index (χ1) is 7.40. The average molecular weight is 217 g/mol. The number of rotatable bonds is 3. The normalized spacial score (nSPS) is 10.7. The summed E-state index contributed by atoms with van der Waals surface area (Å²) in [5.41, 5.74) is 0.855. The molecule has 0 N–H and O–H groups in total. The third-order valence-electron chi connectivity index (χ3n) is 1.96. The van der Waals surface area contributed by atoms with Crippen LogP contribution in [0.5, 0.6) is 5.75 Å². The molecule has 0 bridgehead atoms. The van der Waals surface area contributed by atoms with E-state index in [0.29, 0.717) is 0 Å². The number of methoxy groups -OCH3 is 1. The maximum atomic E-state index is 5.20. The molecule has 1 heterocycles. The smallest absolute Gasteiger partial charge is 0.144 e. The van der Waals surface area contributed by atoms with E-state index in [1.165, 1.54) is 0 Å². The summed E-state index contributed by atoms with van der Waals surface area (Å²) in [6.45, 7) is 0. The maximum Gasteiger partial charge on any atom is 0.144 e. The van der Waals surface area contributed by atoms with Gasteiger partial charge in [-0.05, 0) is 23.6 Å². The minimum absolute atomic E-state index is 0.797. The van der Waals surface area contributed by atoms with Crippen LogP contribution in [0.4, 0.5) is 5.69 Å². The zero-order chi connectivity index (χ0) is 10.5. The van der Waals surface area contributed by atoms with Crippen molar-refractivity contribution >= 4 is 23.2 Å². The number of para-hydroxylation sites is 2. The fourth-order valence-electron chi connectivity index (χ4n) is 1.23. The first-order valence-electron chi connectivity index (χ1n) is 4.61. The van der Waals surface area contributed by atoms with Crippen LogP contribution in [0.25, 0.3) is 0 Å². The lowest BCUT2D eigenvalue weighted by molar-refractivity contribution is 0.416. The van der Waals surface area contributed by atoms with Crippen molar-refractivity contribution < 1.29 is 4.74 Å². The highest BCUT2D eigenvalue weighted by Crippen LogP contribution is 2.26. The Hall–Kier alpha value is -1.61. The van der Waals surface area contributed by atoms with E-state index in [9.17, 15) is 0 Å². The second kappa shape index (κ2) is 4.75. The first kappa shape index (κ1) is 9.93. The molecule has 0 aliphatic carbocycles. The molecule has 2 rings (SSSR count). The summed E-state index contributed by atoms with van der Waals surface area (Å²) >= 11 is 1.67. The Morgan fingerprint density at radius 3 is 2.80 bits per heavy atom. The van der Waals surface area contributed by atoms with Gasteiger partial charge >= 0.3 is 0 Å². The number of hydrogen-bond acceptors (Lipinski definition) is 3. The van der Waals surface area contributed by atoms with Crippen molar-refractivity contribution in [2.45, 2.75) is 0 Å². The van der Waals surface area contributed by atoms with E-state index >= 15 is 0 Å². The van der Waals surface area contributed by atoms with Gasteiger partial charge < -0.3 is 4.74 Å². The Balaban J connectivity index is 2.24. The number of aliphatic imine (C=N–C) groups is 1. The SMILES string of the molecule is COc1ccccc1/N=C/c1cccs1. The van der Waals surface area contributed by atoms with Crippen LogP contribution in [0.1, 0.15) is 4.88 Å². The Kier molecular flexibility index (Phi) is 3.15. The number of thiophene rings is 1. The Morgan fingerprint density at radius 2 is 2.07 bits per heavy atom. The average Bonchev–Trinajstić information content (AvgIpc) is 2.79. The van der Waals surface area contributed by atoms with Gasteiger partial charge in [-0.2, -0.15) is 0 Å². The Bertz CT molecular complexity index is 448. The van der Waals surface area contributed by atoms with E-state index in [1.54, 1.807) is 18.4 Å². The molecule has 0 spiro atoms. The van der Waals surface area contributed by atoms with Crippen molar-refractivity contribution in [1.82, 2.24) is 0 Å². The monoisotopic (exact) mass is 217 g/mol. The van der Waals surface area contributed by atoms with Gasteiger partial charge in [-0.3, -0.25) is 4.99 Å². The predicted octanol–water partition coefficient (Wildman–Crippen LogP) is 3.51. The third-order valence-corrected chi connectivity index (χ3v) is 2.77. The summed E-state index contributed by atoms with van der Waals surface area (Å²) in [6.07, 6.45) is 1.85. The van der Waals surface area contributed by atoms with Crippen molar-refractivity contribution in [3.05, 3.63) is 46.7 Å². The molecule has 0 aliphatic heterocycles. The quantitative estimate of drug-likeness (QED) is 0.721. The summed E-state index contributed by atoms with van der Waals surface area (Å²) in [4.78, 5) is 5.52. The topological polar surface area (TPSA) is 21.6 Å². The van der Waals surface area contributed by atoms with Gasteiger partial charge in [0.15, 0.2) is 0 Å². The molecule has 0 saturated carbocycles. The zero-order valence-electron chi connectivity index (χ0n) is 8.38. The van der Waals surface area contributed by atoms with Gasteiger partial charge in [0.05, 0.1) is 7.11 Å². The molecule has 76 valence electrons. The summed E-state index contributed by atoms with van der Waals surface area (Å²) in [6, 6.07) is 11.8.